The zero-order valence-electron chi connectivity index (χ0n) is 16.0. The molecule has 6 nitrogen and oxygen atoms in total. The second-order valence-electron chi connectivity index (χ2n) is 7.01. The van der Waals surface area contributed by atoms with Crippen molar-refractivity contribution in [2.75, 3.05) is 13.7 Å². The number of pyridine rings is 1. The number of hydrogen-bond donors (Lipinski definition) is 0. The molecule has 0 radical (unpaired) electrons. The minimum Gasteiger partial charge on any atom is -0.497 e. The Morgan fingerprint density at radius 1 is 1.11 bits per heavy atom. The van der Waals surface area contributed by atoms with Gasteiger partial charge in [-0.25, -0.2) is 9.97 Å². The highest BCUT2D eigenvalue weighted by molar-refractivity contribution is 5.94. The van der Waals surface area contributed by atoms with Crippen molar-refractivity contribution in [1.29, 1.82) is 0 Å². The first-order chi connectivity index (χ1) is 13.8. The van der Waals surface area contributed by atoms with Gasteiger partial charge < -0.3 is 9.64 Å². The largest absolute Gasteiger partial charge is 0.497 e. The third-order valence-electron chi connectivity index (χ3n) is 5.28. The van der Waals surface area contributed by atoms with Gasteiger partial charge in [-0.3, -0.25) is 9.36 Å². The summed E-state index contributed by atoms with van der Waals surface area (Å²) in [6, 6.07) is 11.8. The van der Waals surface area contributed by atoms with Crippen molar-refractivity contribution in [3.8, 4) is 11.6 Å². The lowest BCUT2D eigenvalue weighted by molar-refractivity contribution is 0.0680. The molecule has 0 unspecified atom stereocenters. The number of likely N-dealkylation sites (tertiary alicyclic amines) is 1. The highest BCUT2D eigenvalue weighted by atomic mass is 16.5. The second-order valence-corrected chi connectivity index (χ2v) is 7.01. The Kier molecular flexibility index (Phi) is 5.37. The SMILES string of the molecule is COc1ccc([C@H]2CCCCCN2C(=O)c2ccc(-n3ccnc3)nc2)cc1. The maximum absolute atomic E-state index is 13.3. The van der Waals surface area contributed by atoms with E-state index in [0.717, 1.165) is 49.4 Å². The summed E-state index contributed by atoms with van der Waals surface area (Å²) < 4.78 is 7.09. The van der Waals surface area contributed by atoms with Crippen LogP contribution >= 0.6 is 0 Å². The van der Waals surface area contributed by atoms with E-state index in [4.69, 9.17) is 4.74 Å². The van der Waals surface area contributed by atoms with Gasteiger partial charge in [-0.2, -0.15) is 0 Å². The van der Waals surface area contributed by atoms with Crippen molar-refractivity contribution in [2.45, 2.75) is 31.7 Å². The Labute approximate surface area is 164 Å². The van der Waals surface area contributed by atoms with Crippen LogP contribution in [0.4, 0.5) is 0 Å². The summed E-state index contributed by atoms with van der Waals surface area (Å²) in [4.78, 5) is 23.8. The molecule has 0 aliphatic carbocycles. The Morgan fingerprint density at radius 2 is 1.96 bits per heavy atom. The van der Waals surface area contributed by atoms with Gasteiger partial charge in [0.25, 0.3) is 5.91 Å². The lowest BCUT2D eigenvalue weighted by Gasteiger charge is -2.30. The molecular weight excluding hydrogens is 352 g/mol. The summed E-state index contributed by atoms with van der Waals surface area (Å²) in [7, 11) is 1.66. The predicted molar refractivity (Wildman–Crippen MR) is 107 cm³/mol. The summed E-state index contributed by atoms with van der Waals surface area (Å²) in [5, 5.41) is 0. The van der Waals surface area contributed by atoms with E-state index in [1.807, 2.05) is 39.9 Å². The summed E-state index contributed by atoms with van der Waals surface area (Å²) in [6.07, 6.45) is 11.2. The zero-order chi connectivity index (χ0) is 19.3. The highest BCUT2D eigenvalue weighted by Gasteiger charge is 2.27. The third-order valence-corrected chi connectivity index (χ3v) is 5.28. The molecule has 1 atom stereocenters. The number of carbonyl (C=O) groups excluding carboxylic acids is 1. The number of methoxy groups -OCH3 is 1. The topological polar surface area (TPSA) is 60.2 Å². The number of benzene rings is 1. The van der Waals surface area contributed by atoms with E-state index >= 15 is 0 Å². The molecule has 0 N–H and O–H groups in total. The average Bonchev–Trinajstić information content (AvgIpc) is 3.18. The number of hydrogen-bond acceptors (Lipinski definition) is 4. The number of ether oxygens (including phenoxy) is 1. The quantitative estimate of drug-likeness (QED) is 0.690. The van der Waals surface area contributed by atoms with Crippen LogP contribution in [-0.4, -0.2) is 39.0 Å². The molecule has 1 aromatic carbocycles. The second kappa shape index (κ2) is 8.25. The van der Waals surface area contributed by atoms with E-state index in [-0.39, 0.29) is 11.9 Å². The number of aromatic nitrogens is 3. The van der Waals surface area contributed by atoms with E-state index in [1.54, 1.807) is 25.8 Å². The molecule has 3 aromatic rings. The van der Waals surface area contributed by atoms with Gasteiger partial charge in [0.1, 0.15) is 17.9 Å². The van der Waals surface area contributed by atoms with Gasteiger partial charge in [-0.05, 0) is 42.7 Å². The first kappa shape index (κ1) is 18.2. The lowest BCUT2D eigenvalue weighted by atomic mass is 10.00. The van der Waals surface area contributed by atoms with E-state index in [2.05, 4.69) is 22.1 Å². The molecule has 1 saturated heterocycles. The average molecular weight is 376 g/mol. The van der Waals surface area contributed by atoms with E-state index in [9.17, 15) is 4.79 Å². The smallest absolute Gasteiger partial charge is 0.255 e. The number of imidazole rings is 1. The van der Waals surface area contributed by atoms with Crippen LogP contribution in [0.3, 0.4) is 0 Å². The van der Waals surface area contributed by atoms with Crippen molar-refractivity contribution < 1.29 is 9.53 Å². The van der Waals surface area contributed by atoms with Gasteiger partial charge in [0.05, 0.1) is 18.7 Å². The fourth-order valence-corrected chi connectivity index (χ4v) is 3.75. The van der Waals surface area contributed by atoms with Crippen LogP contribution in [-0.2, 0) is 0 Å². The van der Waals surface area contributed by atoms with E-state index < -0.39 is 0 Å². The maximum Gasteiger partial charge on any atom is 0.255 e. The number of amides is 1. The van der Waals surface area contributed by atoms with Gasteiger partial charge in [-0.15, -0.1) is 0 Å². The molecule has 4 rings (SSSR count). The highest BCUT2D eigenvalue weighted by Crippen LogP contribution is 2.32. The number of nitrogens with zero attached hydrogens (tertiary/aromatic N) is 4. The minimum absolute atomic E-state index is 0.0346. The molecule has 1 amide bonds. The summed E-state index contributed by atoms with van der Waals surface area (Å²) in [6.45, 7) is 0.763. The van der Waals surface area contributed by atoms with Crippen LogP contribution in [0.25, 0.3) is 5.82 Å². The molecule has 2 aromatic heterocycles. The van der Waals surface area contributed by atoms with Crippen molar-refractivity contribution >= 4 is 5.91 Å². The van der Waals surface area contributed by atoms with Crippen LogP contribution in [0.2, 0.25) is 0 Å². The number of carbonyl (C=O) groups is 1. The molecule has 1 aliphatic heterocycles. The molecule has 1 fully saturated rings. The fraction of sp³-hybridized carbons (Fsp3) is 0.318. The predicted octanol–water partition coefficient (Wildman–Crippen LogP) is 4.03. The Morgan fingerprint density at radius 3 is 2.64 bits per heavy atom. The third kappa shape index (κ3) is 3.76. The first-order valence-corrected chi connectivity index (χ1v) is 9.65. The first-order valence-electron chi connectivity index (χ1n) is 9.65. The molecule has 3 heterocycles. The van der Waals surface area contributed by atoms with Gasteiger partial charge in [0.2, 0.25) is 0 Å². The van der Waals surface area contributed by atoms with Crippen molar-refractivity contribution in [1.82, 2.24) is 19.4 Å². The molecule has 0 saturated carbocycles. The van der Waals surface area contributed by atoms with Crippen molar-refractivity contribution in [3.63, 3.8) is 0 Å². The monoisotopic (exact) mass is 376 g/mol. The van der Waals surface area contributed by atoms with Gasteiger partial charge in [0, 0.05) is 25.1 Å². The van der Waals surface area contributed by atoms with Crippen LogP contribution < -0.4 is 4.74 Å². The Bertz CT molecular complexity index is 905. The molecule has 6 heteroatoms. The molecular formula is C22H24N4O2. The summed E-state index contributed by atoms with van der Waals surface area (Å²) in [5.41, 5.74) is 1.77. The van der Waals surface area contributed by atoms with Crippen molar-refractivity contribution in [2.24, 2.45) is 0 Å². The van der Waals surface area contributed by atoms with Crippen LogP contribution in [0.1, 0.15) is 47.6 Å². The van der Waals surface area contributed by atoms with Gasteiger partial charge in [-0.1, -0.05) is 25.0 Å². The van der Waals surface area contributed by atoms with E-state index in [1.165, 1.54) is 0 Å². The van der Waals surface area contributed by atoms with E-state index in [0.29, 0.717) is 5.56 Å². The van der Waals surface area contributed by atoms with Gasteiger partial charge >= 0.3 is 0 Å². The summed E-state index contributed by atoms with van der Waals surface area (Å²) >= 11 is 0. The van der Waals surface area contributed by atoms with Crippen LogP contribution in [0, 0.1) is 0 Å². The molecule has 1 aliphatic rings. The molecule has 0 bridgehead atoms. The van der Waals surface area contributed by atoms with Crippen LogP contribution in [0.15, 0.2) is 61.3 Å². The molecule has 28 heavy (non-hydrogen) atoms. The minimum atomic E-state index is 0.0346. The number of rotatable bonds is 4. The molecule has 0 spiro atoms. The molecule has 144 valence electrons. The lowest BCUT2D eigenvalue weighted by Crippen LogP contribution is -2.34. The van der Waals surface area contributed by atoms with Gasteiger partial charge in [0.15, 0.2) is 0 Å². The Balaban J connectivity index is 1.59. The normalized spacial score (nSPS) is 17.2. The van der Waals surface area contributed by atoms with Crippen molar-refractivity contribution in [3.05, 3.63) is 72.4 Å². The Hall–Kier alpha value is -3.15. The zero-order valence-corrected chi connectivity index (χ0v) is 16.0. The standard InChI is InChI=1S/C22H24N4O2/c1-28-19-9-6-17(7-10-19)20-5-3-2-4-13-26(20)22(27)18-8-11-21(24-15-18)25-14-12-23-16-25/h6-12,14-16,20H,2-5,13H2,1H3/t20-/m1/s1. The maximum atomic E-state index is 13.3. The fourth-order valence-electron chi connectivity index (χ4n) is 3.75. The summed E-state index contributed by atoms with van der Waals surface area (Å²) in [5.74, 6) is 1.61. The van der Waals surface area contributed by atoms with Crippen LogP contribution in [0.5, 0.6) is 5.75 Å².